The number of carbonyl (C=O) groups is 1. The number of aromatic nitrogens is 4. The van der Waals surface area contributed by atoms with Gasteiger partial charge in [0.05, 0.1) is 5.75 Å². The van der Waals surface area contributed by atoms with Crippen molar-refractivity contribution in [2.45, 2.75) is 11.3 Å². The minimum Gasteiger partial charge on any atom is -0.293 e. The molecule has 6 nitrogen and oxygen atoms in total. The molecular weight excluding hydrogens is 344 g/mol. The van der Waals surface area contributed by atoms with Crippen molar-refractivity contribution in [3.05, 3.63) is 50.9 Å². The van der Waals surface area contributed by atoms with Gasteiger partial charge in [-0.3, -0.25) is 9.59 Å². The molecule has 0 aliphatic heterocycles. The van der Waals surface area contributed by atoms with Crippen LogP contribution in [0, 0.1) is 6.92 Å². The maximum atomic E-state index is 12.1. The summed E-state index contributed by atoms with van der Waals surface area (Å²) >= 11 is 8.28. The minimum absolute atomic E-state index is 0.0319. The van der Waals surface area contributed by atoms with Gasteiger partial charge < -0.3 is 0 Å². The van der Waals surface area contributed by atoms with Crippen molar-refractivity contribution < 1.29 is 4.79 Å². The maximum Gasteiger partial charge on any atom is 0.296 e. The zero-order chi connectivity index (χ0) is 15.7. The van der Waals surface area contributed by atoms with Gasteiger partial charge in [-0.2, -0.15) is 4.52 Å². The van der Waals surface area contributed by atoms with Crippen molar-refractivity contribution in [3.63, 3.8) is 0 Å². The third kappa shape index (κ3) is 3.03. The maximum absolute atomic E-state index is 12.1. The lowest BCUT2D eigenvalue weighted by atomic mass is 10.1. The van der Waals surface area contributed by atoms with Gasteiger partial charge in [0.1, 0.15) is 5.69 Å². The third-order valence-electron chi connectivity index (χ3n) is 2.82. The normalized spacial score (nSPS) is 11.0. The van der Waals surface area contributed by atoms with E-state index in [-0.39, 0.29) is 22.8 Å². The zero-order valence-corrected chi connectivity index (χ0v) is 13.7. The molecule has 0 bridgehead atoms. The summed E-state index contributed by atoms with van der Waals surface area (Å²) in [6.07, 6.45) is 0. The molecular formula is C13H9ClN4O2S2. The van der Waals surface area contributed by atoms with E-state index >= 15 is 0 Å². The van der Waals surface area contributed by atoms with Crippen LogP contribution >= 0.6 is 34.7 Å². The summed E-state index contributed by atoms with van der Waals surface area (Å²) in [6.45, 7) is 1.58. The number of hydrogen-bond donors (Lipinski definition) is 0. The largest absolute Gasteiger partial charge is 0.296 e. The highest BCUT2D eigenvalue weighted by Crippen LogP contribution is 2.24. The van der Waals surface area contributed by atoms with Gasteiger partial charge in [-0.25, -0.2) is 0 Å². The summed E-state index contributed by atoms with van der Waals surface area (Å²) in [7, 11) is 0. The van der Waals surface area contributed by atoms with Crippen LogP contribution < -0.4 is 5.56 Å². The predicted octanol–water partition coefficient (Wildman–Crippen LogP) is 2.48. The van der Waals surface area contributed by atoms with Gasteiger partial charge >= 0.3 is 0 Å². The van der Waals surface area contributed by atoms with Crippen LogP contribution in [0.25, 0.3) is 4.96 Å². The van der Waals surface area contributed by atoms with E-state index in [1.807, 2.05) is 0 Å². The number of Topliss-reactive ketones (excluding diaryl/α,β-unsaturated/α-hetero) is 1. The van der Waals surface area contributed by atoms with Gasteiger partial charge in [-0.1, -0.05) is 34.7 Å². The van der Waals surface area contributed by atoms with Crippen LogP contribution in [0.1, 0.15) is 16.1 Å². The molecule has 0 aliphatic rings. The van der Waals surface area contributed by atoms with Crippen molar-refractivity contribution >= 4 is 45.4 Å². The monoisotopic (exact) mass is 352 g/mol. The Morgan fingerprint density at radius 1 is 1.32 bits per heavy atom. The molecule has 2 heterocycles. The second-order valence-corrected chi connectivity index (χ2v) is 6.99. The van der Waals surface area contributed by atoms with Crippen molar-refractivity contribution in [1.29, 1.82) is 0 Å². The van der Waals surface area contributed by atoms with E-state index in [1.54, 1.807) is 31.2 Å². The highest BCUT2D eigenvalue weighted by molar-refractivity contribution is 8.01. The molecule has 3 aromatic rings. The molecule has 2 aromatic heterocycles. The fraction of sp³-hybridized carbons (Fsp3) is 0.154. The Morgan fingerprint density at radius 3 is 2.77 bits per heavy atom. The second kappa shape index (κ2) is 6.15. The van der Waals surface area contributed by atoms with Crippen molar-refractivity contribution in [2.24, 2.45) is 0 Å². The number of rotatable bonds is 4. The number of hydrogen-bond acceptors (Lipinski definition) is 7. The lowest BCUT2D eigenvalue weighted by molar-refractivity contribution is 0.102. The number of benzene rings is 1. The molecule has 0 radical (unpaired) electrons. The first-order chi connectivity index (χ1) is 10.5. The Morgan fingerprint density at radius 2 is 2.05 bits per heavy atom. The molecule has 0 saturated heterocycles. The molecule has 0 N–H and O–H groups in total. The molecule has 3 rings (SSSR count). The third-order valence-corrected chi connectivity index (χ3v) is 5.11. The van der Waals surface area contributed by atoms with Crippen LogP contribution in [0.2, 0.25) is 5.02 Å². The fourth-order valence-corrected chi connectivity index (χ4v) is 3.57. The molecule has 0 saturated carbocycles. The number of aryl methyl sites for hydroxylation is 1. The van der Waals surface area contributed by atoms with Crippen LogP contribution in [0.3, 0.4) is 0 Å². The Labute approximate surface area is 138 Å². The lowest BCUT2D eigenvalue weighted by Crippen LogP contribution is -2.19. The molecule has 0 atom stereocenters. The summed E-state index contributed by atoms with van der Waals surface area (Å²) in [5, 5.41) is 12.4. The average molecular weight is 353 g/mol. The first-order valence-electron chi connectivity index (χ1n) is 6.19. The number of carbonyl (C=O) groups excluding carboxylic acids is 1. The second-order valence-electron chi connectivity index (χ2n) is 4.37. The van der Waals surface area contributed by atoms with Gasteiger partial charge in [0.25, 0.3) is 5.56 Å². The van der Waals surface area contributed by atoms with Crippen molar-refractivity contribution in [2.75, 3.05) is 5.75 Å². The SMILES string of the molecule is Cc1nnc2sc(SCC(=O)c3ccc(Cl)cc3)nn2c1=O. The molecule has 9 heteroatoms. The van der Waals surface area contributed by atoms with Crippen molar-refractivity contribution in [1.82, 2.24) is 19.8 Å². The number of ketones is 1. The molecule has 112 valence electrons. The van der Waals surface area contributed by atoms with Gasteiger partial charge in [0.2, 0.25) is 4.96 Å². The lowest BCUT2D eigenvalue weighted by Gasteiger charge is -1.99. The summed E-state index contributed by atoms with van der Waals surface area (Å²) in [6, 6.07) is 6.72. The number of halogens is 1. The quantitative estimate of drug-likeness (QED) is 0.530. The Kier molecular flexibility index (Phi) is 4.23. The van der Waals surface area contributed by atoms with Crippen LogP contribution in [0.15, 0.2) is 33.4 Å². The smallest absolute Gasteiger partial charge is 0.293 e. The van der Waals surface area contributed by atoms with Gasteiger partial charge in [0, 0.05) is 10.6 Å². The van der Waals surface area contributed by atoms with Crippen molar-refractivity contribution in [3.8, 4) is 0 Å². The topological polar surface area (TPSA) is 77.2 Å². The highest BCUT2D eigenvalue weighted by Gasteiger charge is 2.12. The highest BCUT2D eigenvalue weighted by atomic mass is 35.5. The molecule has 1 aromatic carbocycles. The first-order valence-corrected chi connectivity index (χ1v) is 8.37. The van der Waals surface area contributed by atoms with Crippen LogP contribution in [0.5, 0.6) is 0 Å². The van der Waals surface area contributed by atoms with E-state index in [0.29, 0.717) is 19.9 Å². The molecule has 0 amide bonds. The van der Waals surface area contributed by atoms with E-state index in [4.69, 9.17) is 11.6 Å². The van der Waals surface area contributed by atoms with Crippen LogP contribution in [-0.4, -0.2) is 31.3 Å². The Hall–Kier alpha value is -1.77. The summed E-state index contributed by atoms with van der Waals surface area (Å²) in [5.74, 6) is 0.193. The molecule has 22 heavy (non-hydrogen) atoms. The van der Waals surface area contributed by atoms with E-state index in [9.17, 15) is 9.59 Å². The van der Waals surface area contributed by atoms with Gasteiger partial charge in [-0.15, -0.1) is 15.3 Å². The molecule has 0 aliphatic carbocycles. The number of thioether (sulfide) groups is 1. The Balaban J connectivity index is 1.76. The summed E-state index contributed by atoms with van der Waals surface area (Å²) in [5.41, 5.74) is 0.583. The molecule has 0 unspecified atom stereocenters. The number of nitrogens with zero attached hydrogens (tertiary/aromatic N) is 4. The standard InChI is InChI=1S/C13H9ClN4O2S2/c1-7-11(20)18-12(16-15-7)22-13(17-18)21-6-10(19)8-2-4-9(14)5-3-8/h2-5H,6H2,1H3. The van der Waals surface area contributed by atoms with E-state index in [1.165, 1.54) is 27.6 Å². The van der Waals surface area contributed by atoms with Crippen LogP contribution in [-0.2, 0) is 0 Å². The van der Waals surface area contributed by atoms with Gasteiger partial charge in [0.15, 0.2) is 10.1 Å². The predicted molar refractivity (Wildman–Crippen MR) is 86.2 cm³/mol. The molecule has 0 spiro atoms. The van der Waals surface area contributed by atoms with E-state index in [2.05, 4.69) is 15.3 Å². The Bertz CT molecular complexity index is 905. The molecule has 0 fully saturated rings. The first kappa shape index (κ1) is 15.1. The average Bonchev–Trinajstić information content (AvgIpc) is 2.93. The fourth-order valence-electron chi connectivity index (χ4n) is 1.68. The number of fused-ring (bicyclic) bond motifs is 1. The van der Waals surface area contributed by atoms with E-state index < -0.39 is 0 Å². The summed E-state index contributed by atoms with van der Waals surface area (Å²) in [4.78, 5) is 24.3. The van der Waals surface area contributed by atoms with E-state index in [0.717, 1.165) is 0 Å². The minimum atomic E-state index is -0.294. The van der Waals surface area contributed by atoms with Crippen LogP contribution in [0.4, 0.5) is 0 Å². The summed E-state index contributed by atoms with van der Waals surface area (Å²) < 4.78 is 1.81. The van der Waals surface area contributed by atoms with Gasteiger partial charge in [-0.05, 0) is 31.2 Å². The zero-order valence-electron chi connectivity index (χ0n) is 11.3.